The number of halogens is 2. The van der Waals surface area contributed by atoms with Gasteiger partial charge in [-0.2, -0.15) is 0 Å². The van der Waals surface area contributed by atoms with E-state index in [1.54, 1.807) is 12.1 Å². The highest BCUT2D eigenvalue weighted by molar-refractivity contribution is 14.1. The van der Waals surface area contributed by atoms with Crippen LogP contribution in [0.15, 0.2) is 36.4 Å². The first-order valence-electron chi connectivity index (χ1n) is 4.93. The van der Waals surface area contributed by atoms with E-state index < -0.39 is 0 Å². The molecule has 0 fully saturated rings. The summed E-state index contributed by atoms with van der Waals surface area (Å²) in [4.78, 5) is 0. The number of hydrogen-bond acceptors (Lipinski definition) is 3. The summed E-state index contributed by atoms with van der Waals surface area (Å²) in [6.45, 7) is 0. The van der Waals surface area contributed by atoms with E-state index in [9.17, 15) is 0 Å². The van der Waals surface area contributed by atoms with Crippen molar-refractivity contribution in [2.24, 2.45) is 0 Å². The molecule has 0 bridgehead atoms. The molecule has 0 atom stereocenters. The highest BCUT2D eigenvalue weighted by atomic mass is 127. The van der Waals surface area contributed by atoms with Gasteiger partial charge in [0.05, 0.1) is 22.1 Å². The number of benzene rings is 2. The van der Waals surface area contributed by atoms with Crippen molar-refractivity contribution in [2.75, 3.05) is 16.8 Å². The van der Waals surface area contributed by atoms with Crippen LogP contribution < -0.4 is 16.8 Å². The number of hydrogen-bond donors (Lipinski definition) is 3. The van der Waals surface area contributed by atoms with Crippen LogP contribution in [-0.4, -0.2) is 0 Å². The summed E-state index contributed by atoms with van der Waals surface area (Å²) < 4.78 is 1.09. The zero-order valence-corrected chi connectivity index (χ0v) is 11.8. The molecule has 5 N–H and O–H groups in total. The van der Waals surface area contributed by atoms with Gasteiger partial charge in [-0.25, -0.2) is 0 Å². The second-order valence-corrected chi connectivity index (χ2v) is 5.25. The Morgan fingerprint density at radius 3 is 2.41 bits per heavy atom. The van der Waals surface area contributed by atoms with E-state index >= 15 is 0 Å². The summed E-state index contributed by atoms with van der Waals surface area (Å²) in [7, 11) is 0. The summed E-state index contributed by atoms with van der Waals surface area (Å²) in [5.74, 6) is 0. The van der Waals surface area contributed by atoms with Gasteiger partial charge in [0.2, 0.25) is 0 Å². The molecular weight excluding hydrogens is 349 g/mol. The second-order valence-electron chi connectivity index (χ2n) is 3.59. The number of nitrogen functional groups attached to an aromatic ring is 2. The third-order valence-electron chi connectivity index (χ3n) is 2.30. The molecule has 0 aliphatic rings. The van der Waals surface area contributed by atoms with Crippen molar-refractivity contribution in [3.8, 4) is 0 Å². The first-order valence-corrected chi connectivity index (χ1v) is 6.39. The Bertz CT molecular complexity index is 557. The van der Waals surface area contributed by atoms with Gasteiger partial charge in [-0.1, -0.05) is 11.6 Å². The predicted octanol–water partition coefficient (Wildman–Crippen LogP) is 3.85. The van der Waals surface area contributed by atoms with Gasteiger partial charge >= 0.3 is 0 Å². The minimum atomic E-state index is 0.552. The summed E-state index contributed by atoms with van der Waals surface area (Å²) in [6.07, 6.45) is 0. The molecule has 0 aliphatic heterocycles. The van der Waals surface area contributed by atoms with E-state index in [-0.39, 0.29) is 0 Å². The third kappa shape index (κ3) is 2.95. The summed E-state index contributed by atoms with van der Waals surface area (Å²) in [5, 5.41) is 3.87. The molecule has 0 spiro atoms. The minimum Gasteiger partial charge on any atom is -0.397 e. The predicted molar refractivity (Wildman–Crippen MR) is 82.7 cm³/mol. The maximum Gasteiger partial charge on any atom is 0.0651 e. The highest BCUT2D eigenvalue weighted by Gasteiger charge is 2.02. The van der Waals surface area contributed by atoms with Crippen molar-refractivity contribution in [1.29, 1.82) is 0 Å². The van der Waals surface area contributed by atoms with Crippen molar-refractivity contribution in [1.82, 2.24) is 0 Å². The molecule has 88 valence electrons. The minimum absolute atomic E-state index is 0.552. The molecule has 0 unspecified atom stereocenters. The maximum absolute atomic E-state index is 6.13. The van der Waals surface area contributed by atoms with Gasteiger partial charge < -0.3 is 16.8 Å². The van der Waals surface area contributed by atoms with Gasteiger partial charge in [0.15, 0.2) is 0 Å². The number of nitrogens with one attached hydrogen (secondary N) is 1. The summed E-state index contributed by atoms with van der Waals surface area (Å²) in [6, 6.07) is 11.2. The van der Waals surface area contributed by atoms with Crippen LogP contribution in [0.1, 0.15) is 0 Å². The molecule has 3 nitrogen and oxygen atoms in total. The lowest BCUT2D eigenvalue weighted by Gasteiger charge is -2.10. The second kappa shape index (κ2) is 5.01. The monoisotopic (exact) mass is 359 g/mol. The van der Waals surface area contributed by atoms with E-state index in [1.165, 1.54) is 0 Å². The van der Waals surface area contributed by atoms with Crippen LogP contribution in [0.4, 0.5) is 22.7 Å². The standard InChI is InChI=1S/C12H11ClIN3/c13-9-5-7(14)1-4-12(9)17-8-2-3-10(15)11(16)6-8/h1-6,17H,15-16H2. The van der Waals surface area contributed by atoms with Gasteiger partial charge in [0.25, 0.3) is 0 Å². The fraction of sp³-hybridized carbons (Fsp3) is 0. The van der Waals surface area contributed by atoms with Crippen molar-refractivity contribution in [3.05, 3.63) is 45.0 Å². The van der Waals surface area contributed by atoms with Gasteiger partial charge in [0.1, 0.15) is 0 Å². The lowest BCUT2D eigenvalue weighted by atomic mass is 10.2. The average Bonchev–Trinajstić information content (AvgIpc) is 2.27. The van der Waals surface area contributed by atoms with Crippen LogP contribution >= 0.6 is 34.2 Å². The first kappa shape index (κ1) is 12.3. The topological polar surface area (TPSA) is 64.1 Å². The molecule has 0 saturated carbocycles. The van der Waals surface area contributed by atoms with Crippen LogP contribution in [0.25, 0.3) is 0 Å². The molecule has 0 aromatic heterocycles. The summed E-state index contributed by atoms with van der Waals surface area (Å²) in [5.41, 5.74) is 14.2. The normalized spacial score (nSPS) is 10.2. The lowest BCUT2D eigenvalue weighted by Crippen LogP contribution is -1.97. The van der Waals surface area contributed by atoms with Crippen molar-refractivity contribution in [2.45, 2.75) is 0 Å². The zero-order valence-electron chi connectivity index (χ0n) is 8.87. The van der Waals surface area contributed by atoms with E-state index in [2.05, 4.69) is 27.9 Å². The summed E-state index contributed by atoms with van der Waals surface area (Å²) >= 11 is 8.34. The lowest BCUT2D eigenvalue weighted by molar-refractivity contribution is 1.53. The SMILES string of the molecule is Nc1ccc(Nc2ccc(I)cc2Cl)cc1N. The average molecular weight is 360 g/mol. The Morgan fingerprint density at radius 1 is 1.00 bits per heavy atom. The molecule has 0 heterocycles. The molecule has 0 radical (unpaired) electrons. The molecular formula is C12H11ClIN3. The van der Waals surface area contributed by atoms with Crippen molar-refractivity contribution >= 4 is 56.9 Å². The number of anilines is 4. The number of nitrogens with two attached hydrogens (primary N) is 2. The van der Waals surface area contributed by atoms with Crippen LogP contribution in [0.2, 0.25) is 5.02 Å². The van der Waals surface area contributed by atoms with E-state index in [0.29, 0.717) is 16.4 Å². The molecule has 0 saturated heterocycles. The van der Waals surface area contributed by atoms with E-state index in [0.717, 1.165) is 14.9 Å². The van der Waals surface area contributed by atoms with Crippen molar-refractivity contribution < 1.29 is 0 Å². The van der Waals surface area contributed by atoms with E-state index in [4.69, 9.17) is 23.1 Å². The molecule has 0 aliphatic carbocycles. The van der Waals surface area contributed by atoms with Crippen LogP contribution in [0, 0.1) is 3.57 Å². The van der Waals surface area contributed by atoms with Crippen LogP contribution in [0.5, 0.6) is 0 Å². The molecule has 5 heteroatoms. The Labute approximate surface area is 118 Å². The number of rotatable bonds is 2. The zero-order chi connectivity index (χ0) is 12.4. The van der Waals surface area contributed by atoms with Crippen LogP contribution in [-0.2, 0) is 0 Å². The fourth-order valence-electron chi connectivity index (χ4n) is 1.40. The molecule has 2 aromatic carbocycles. The Balaban J connectivity index is 2.28. The third-order valence-corrected chi connectivity index (χ3v) is 3.28. The van der Waals surface area contributed by atoms with Gasteiger partial charge in [-0.05, 0) is 59.0 Å². The first-order chi connectivity index (χ1) is 8.06. The molecule has 0 amide bonds. The molecule has 17 heavy (non-hydrogen) atoms. The fourth-order valence-corrected chi connectivity index (χ4v) is 2.30. The quantitative estimate of drug-likeness (QED) is 0.564. The van der Waals surface area contributed by atoms with E-state index in [1.807, 2.05) is 24.3 Å². The Morgan fingerprint density at radius 2 is 1.76 bits per heavy atom. The smallest absolute Gasteiger partial charge is 0.0651 e. The Hall–Kier alpha value is -1.14. The van der Waals surface area contributed by atoms with Gasteiger partial charge in [-0.3, -0.25) is 0 Å². The van der Waals surface area contributed by atoms with Crippen molar-refractivity contribution in [3.63, 3.8) is 0 Å². The van der Waals surface area contributed by atoms with Gasteiger partial charge in [-0.15, -0.1) is 0 Å². The van der Waals surface area contributed by atoms with Gasteiger partial charge in [0, 0.05) is 9.26 Å². The molecule has 2 rings (SSSR count). The van der Waals surface area contributed by atoms with Crippen LogP contribution in [0.3, 0.4) is 0 Å². The largest absolute Gasteiger partial charge is 0.397 e. The Kier molecular flexibility index (Phi) is 3.63. The maximum atomic E-state index is 6.13. The molecule has 2 aromatic rings. The highest BCUT2D eigenvalue weighted by Crippen LogP contribution is 2.28.